The van der Waals surface area contributed by atoms with Gasteiger partial charge in [-0.3, -0.25) is 4.68 Å². The second-order valence-corrected chi connectivity index (χ2v) is 13.0. The smallest absolute Gasteiger partial charge is 0.124 e. The molecule has 206 valence electrons. The number of halogens is 1. The number of hydrogen-bond donors (Lipinski definition) is 1. The van der Waals surface area contributed by atoms with Crippen molar-refractivity contribution in [1.82, 2.24) is 25.0 Å². The summed E-state index contributed by atoms with van der Waals surface area (Å²) in [6.45, 7) is 9.13. The number of thiazole rings is 1. The van der Waals surface area contributed by atoms with E-state index in [1.54, 1.807) is 11.3 Å². The lowest BCUT2D eigenvalue weighted by atomic mass is 9.90. The van der Waals surface area contributed by atoms with Crippen molar-refractivity contribution in [3.8, 4) is 21.7 Å². The van der Waals surface area contributed by atoms with Crippen LogP contribution in [0.15, 0.2) is 48.5 Å². The molecule has 4 heterocycles. The Bertz CT molecular complexity index is 1690. The van der Waals surface area contributed by atoms with E-state index in [1.807, 2.05) is 12.1 Å². The number of aryl methyl sites for hydroxylation is 2. The Morgan fingerprint density at radius 2 is 1.77 bits per heavy atom. The third-order valence-electron chi connectivity index (χ3n) is 9.00. The molecule has 2 aliphatic heterocycles. The van der Waals surface area contributed by atoms with Crippen molar-refractivity contribution in [2.24, 2.45) is 7.05 Å². The maximum absolute atomic E-state index is 6.24. The Morgan fingerprint density at radius 1 is 1.02 bits per heavy atom. The van der Waals surface area contributed by atoms with Gasteiger partial charge in [0.15, 0.2) is 0 Å². The topological polar surface area (TPSA) is 46.0 Å². The normalized spacial score (nSPS) is 18.6. The van der Waals surface area contributed by atoms with E-state index in [2.05, 4.69) is 72.2 Å². The van der Waals surface area contributed by atoms with E-state index in [0.717, 1.165) is 35.1 Å². The minimum atomic E-state index is 0.506. The molecule has 7 heteroatoms. The number of benzene rings is 3. The first-order valence-corrected chi connectivity index (χ1v) is 15.8. The Kier molecular flexibility index (Phi) is 6.91. The summed E-state index contributed by atoms with van der Waals surface area (Å²) in [6.07, 6.45) is 4.65. The molecule has 5 aromatic rings. The molecule has 0 aliphatic carbocycles. The van der Waals surface area contributed by atoms with Gasteiger partial charge in [0.05, 0.1) is 21.4 Å². The highest BCUT2D eigenvalue weighted by Crippen LogP contribution is 2.42. The predicted molar refractivity (Wildman–Crippen MR) is 169 cm³/mol. The van der Waals surface area contributed by atoms with Crippen LogP contribution in [0.5, 0.6) is 0 Å². The standard InChI is InChI=1S/C33H36ClN5S/c1-4-26-20(2)17-28-32(30(26)21-5-8-24(34)9-6-21)40-33(36-28)23-7-10-29-27(18-23)31(37-38(29)3)22-12-15-39(16-13-22)19-25-11-14-35-25/h5-10,17-18,22,25,35H,4,11-16,19H2,1-3H3/t25-/m1/s1. The Morgan fingerprint density at radius 3 is 2.48 bits per heavy atom. The van der Waals surface area contributed by atoms with Crippen LogP contribution >= 0.6 is 22.9 Å². The summed E-state index contributed by atoms with van der Waals surface area (Å²) in [6, 6.07) is 18.0. The average molecular weight is 570 g/mol. The number of rotatable bonds is 6. The molecule has 40 heavy (non-hydrogen) atoms. The fraction of sp³-hybridized carbons (Fsp3) is 0.394. The van der Waals surface area contributed by atoms with Crippen molar-refractivity contribution in [3.05, 3.63) is 70.4 Å². The Balaban J connectivity index is 1.25. The zero-order valence-corrected chi connectivity index (χ0v) is 25.1. The van der Waals surface area contributed by atoms with Gasteiger partial charge >= 0.3 is 0 Å². The molecule has 0 saturated carbocycles. The molecule has 2 fully saturated rings. The van der Waals surface area contributed by atoms with Crippen LogP contribution in [0, 0.1) is 6.92 Å². The van der Waals surface area contributed by atoms with Gasteiger partial charge in [0.25, 0.3) is 0 Å². The van der Waals surface area contributed by atoms with Gasteiger partial charge in [-0.05, 0) is 105 Å². The van der Waals surface area contributed by atoms with Gasteiger partial charge in [-0.25, -0.2) is 4.98 Å². The molecular formula is C33H36ClN5S. The summed E-state index contributed by atoms with van der Waals surface area (Å²) in [5.74, 6) is 0.506. The molecule has 7 rings (SSSR count). The van der Waals surface area contributed by atoms with Crippen molar-refractivity contribution >= 4 is 44.1 Å². The number of nitrogens with zero attached hydrogens (tertiary/aromatic N) is 4. The molecule has 1 atom stereocenters. The first-order chi connectivity index (χ1) is 19.5. The van der Waals surface area contributed by atoms with E-state index in [-0.39, 0.29) is 0 Å². The van der Waals surface area contributed by atoms with Crippen LogP contribution in [0.2, 0.25) is 5.02 Å². The maximum atomic E-state index is 6.24. The van der Waals surface area contributed by atoms with Gasteiger partial charge in [-0.15, -0.1) is 11.3 Å². The molecule has 1 N–H and O–H groups in total. The highest BCUT2D eigenvalue weighted by molar-refractivity contribution is 7.22. The van der Waals surface area contributed by atoms with Crippen LogP contribution in [0.4, 0.5) is 0 Å². The molecule has 0 amide bonds. The summed E-state index contributed by atoms with van der Waals surface area (Å²) in [5.41, 5.74) is 9.88. The van der Waals surface area contributed by atoms with E-state index in [0.29, 0.717) is 12.0 Å². The second kappa shape index (κ2) is 10.6. The minimum absolute atomic E-state index is 0.506. The largest absolute Gasteiger partial charge is 0.313 e. The lowest BCUT2D eigenvalue weighted by Gasteiger charge is -2.37. The molecule has 2 aliphatic rings. The number of hydrogen-bond acceptors (Lipinski definition) is 5. The van der Waals surface area contributed by atoms with Crippen LogP contribution in [-0.2, 0) is 13.5 Å². The monoisotopic (exact) mass is 569 g/mol. The van der Waals surface area contributed by atoms with Crippen LogP contribution < -0.4 is 5.32 Å². The lowest BCUT2D eigenvalue weighted by Crippen LogP contribution is -2.51. The van der Waals surface area contributed by atoms with Crippen molar-refractivity contribution < 1.29 is 0 Å². The van der Waals surface area contributed by atoms with Gasteiger partial charge in [-0.1, -0.05) is 30.7 Å². The molecule has 0 bridgehead atoms. The highest BCUT2D eigenvalue weighted by Gasteiger charge is 2.28. The number of likely N-dealkylation sites (tertiary alicyclic amines) is 1. The van der Waals surface area contributed by atoms with Gasteiger partial charge in [0.2, 0.25) is 0 Å². The van der Waals surface area contributed by atoms with Crippen LogP contribution in [0.1, 0.15) is 48.9 Å². The first-order valence-electron chi connectivity index (χ1n) is 14.6. The van der Waals surface area contributed by atoms with Gasteiger partial charge < -0.3 is 10.2 Å². The van der Waals surface area contributed by atoms with E-state index >= 15 is 0 Å². The highest BCUT2D eigenvalue weighted by atomic mass is 35.5. The van der Waals surface area contributed by atoms with Crippen LogP contribution in [0.25, 0.3) is 42.8 Å². The average Bonchev–Trinajstić information content (AvgIpc) is 3.51. The molecule has 3 aromatic carbocycles. The molecule has 2 saturated heterocycles. The van der Waals surface area contributed by atoms with E-state index in [4.69, 9.17) is 21.7 Å². The van der Waals surface area contributed by atoms with Crippen LogP contribution in [-0.4, -0.2) is 51.9 Å². The Labute approximate surface area is 245 Å². The van der Waals surface area contributed by atoms with E-state index in [1.165, 1.54) is 81.5 Å². The van der Waals surface area contributed by atoms with Crippen molar-refractivity contribution in [2.75, 3.05) is 26.2 Å². The molecule has 0 radical (unpaired) electrons. The summed E-state index contributed by atoms with van der Waals surface area (Å²) in [5, 5.41) is 11.7. The second-order valence-electron chi connectivity index (χ2n) is 11.5. The van der Waals surface area contributed by atoms with Crippen molar-refractivity contribution in [3.63, 3.8) is 0 Å². The quantitative estimate of drug-likeness (QED) is 0.229. The van der Waals surface area contributed by atoms with Gasteiger partial charge in [0.1, 0.15) is 5.01 Å². The predicted octanol–water partition coefficient (Wildman–Crippen LogP) is 7.58. The SMILES string of the molecule is CCc1c(C)cc2nc(-c3ccc4c(c3)c(C3CCN(C[C@H]5CCN5)CC3)nn4C)sc2c1-c1ccc(Cl)cc1. The fourth-order valence-corrected chi connectivity index (χ4v) is 7.93. The molecule has 2 aromatic heterocycles. The van der Waals surface area contributed by atoms with Gasteiger partial charge in [0, 0.05) is 47.1 Å². The lowest BCUT2D eigenvalue weighted by molar-refractivity contribution is 0.169. The summed E-state index contributed by atoms with van der Waals surface area (Å²) < 4.78 is 3.31. The summed E-state index contributed by atoms with van der Waals surface area (Å²) >= 11 is 8.04. The number of fused-ring (bicyclic) bond motifs is 2. The van der Waals surface area contributed by atoms with Gasteiger partial charge in [-0.2, -0.15) is 5.10 Å². The van der Waals surface area contributed by atoms with E-state index in [9.17, 15) is 0 Å². The van der Waals surface area contributed by atoms with Crippen molar-refractivity contribution in [2.45, 2.75) is 51.5 Å². The number of aromatic nitrogens is 3. The zero-order chi connectivity index (χ0) is 27.4. The first kappa shape index (κ1) is 26.1. The summed E-state index contributed by atoms with van der Waals surface area (Å²) in [7, 11) is 2.08. The third-order valence-corrected chi connectivity index (χ3v) is 10.4. The minimum Gasteiger partial charge on any atom is -0.313 e. The number of nitrogens with one attached hydrogen (secondary N) is 1. The molecule has 5 nitrogen and oxygen atoms in total. The van der Waals surface area contributed by atoms with Crippen LogP contribution in [0.3, 0.4) is 0 Å². The summed E-state index contributed by atoms with van der Waals surface area (Å²) in [4.78, 5) is 7.82. The molecule has 0 spiro atoms. The molecular weight excluding hydrogens is 534 g/mol. The zero-order valence-electron chi connectivity index (χ0n) is 23.5. The maximum Gasteiger partial charge on any atom is 0.124 e. The van der Waals surface area contributed by atoms with Crippen molar-refractivity contribution in [1.29, 1.82) is 0 Å². The number of piperidine rings is 1. The third kappa shape index (κ3) is 4.65. The molecule has 0 unspecified atom stereocenters. The fourth-order valence-electron chi connectivity index (χ4n) is 6.67. The van der Waals surface area contributed by atoms with E-state index < -0.39 is 0 Å². The Hall–Kier alpha value is -2.77.